The Morgan fingerprint density at radius 2 is 2.00 bits per heavy atom. The van der Waals surface area contributed by atoms with E-state index in [9.17, 15) is 4.79 Å². The van der Waals surface area contributed by atoms with Crippen LogP contribution in [0, 0.1) is 6.92 Å². The lowest BCUT2D eigenvalue weighted by Crippen LogP contribution is -2.25. The summed E-state index contributed by atoms with van der Waals surface area (Å²) >= 11 is 0. The number of allylic oxidation sites excluding steroid dienone is 2. The van der Waals surface area contributed by atoms with Gasteiger partial charge in [0, 0.05) is 18.3 Å². The number of nitrogens with one attached hydrogen (secondary N) is 1. The molecule has 2 rings (SSSR count). The van der Waals surface area contributed by atoms with E-state index in [4.69, 9.17) is 5.73 Å². The monoisotopic (exact) mass is 214 g/mol. The molecule has 0 bridgehead atoms. The first-order valence-corrected chi connectivity index (χ1v) is 5.18. The van der Waals surface area contributed by atoms with Crippen molar-refractivity contribution in [3.63, 3.8) is 0 Å². The van der Waals surface area contributed by atoms with E-state index in [-0.39, 0.29) is 5.91 Å². The standard InChI is InChI=1S/C13H14N2O/c1-9-2-4-10(5-3-9)11-6-12(13(14)16)8-15-7-11/h2-7,15H,8H2,1H3,(H2,14,16). The molecule has 82 valence electrons. The Hall–Kier alpha value is -2.03. The van der Waals surface area contributed by atoms with Crippen molar-refractivity contribution >= 4 is 11.5 Å². The van der Waals surface area contributed by atoms with Gasteiger partial charge in [0.05, 0.1) is 0 Å². The molecule has 3 nitrogen and oxygen atoms in total. The second kappa shape index (κ2) is 4.23. The highest BCUT2D eigenvalue weighted by atomic mass is 16.1. The summed E-state index contributed by atoms with van der Waals surface area (Å²) in [7, 11) is 0. The molecule has 0 aliphatic carbocycles. The molecule has 0 fully saturated rings. The first kappa shape index (κ1) is 10.5. The third kappa shape index (κ3) is 2.14. The van der Waals surface area contributed by atoms with Crippen LogP contribution in [-0.4, -0.2) is 12.5 Å². The predicted molar refractivity (Wildman–Crippen MR) is 64.4 cm³/mol. The van der Waals surface area contributed by atoms with Crippen molar-refractivity contribution in [3.8, 4) is 0 Å². The van der Waals surface area contributed by atoms with E-state index in [0.717, 1.165) is 11.1 Å². The number of rotatable bonds is 2. The number of carbonyl (C=O) groups excluding carboxylic acids is 1. The fourth-order valence-corrected chi connectivity index (χ4v) is 1.62. The van der Waals surface area contributed by atoms with Gasteiger partial charge < -0.3 is 11.1 Å². The van der Waals surface area contributed by atoms with Crippen LogP contribution >= 0.6 is 0 Å². The smallest absolute Gasteiger partial charge is 0.246 e. The molecule has 0 saturated heterocycles. The van der Waals surface area contributed by atoms with Crippen molar-refractivity contribution in [2.45, 2.75) is 6.92 Å². The first-order valence-electron chi connectivity index (χ1n) is 5.18. The topological polar surface area (TPSA) is 55.1 Å². The van der Waals surface area contributed by atoms with E-state index in [1.807, 2.05) is 43.5 Å². The summed E-state index contributed by atoms with van der Waals surface area (Å²) in [5.41, 5.74) is 9.15. The molecular weight excluding hydrogens is 200 g/mol. The third-order valence-corrected chi connectivity index (χ3v) is 2.58. The van der Waals surface area contributed by atoms with Crippen molar-refractivity contribution in [3.05, 3.63) is 53.2 Å². The molecule has 0 atom stereocenters. The number of dihydropyridines is 1. The van der Waals surface area contributed by atoms with Crippen LogP contribution in [0.25, 0.3) is 5.57 Å². The summed E-state index contributed by atoms with van der Waals surface area (Å²) < 4.78 is 0. The Bertz CT molecular complexity index is 469. The number of carbonyl (C=O) groups is 1. The molecule has 0 unspecified atom stereocenters. The van der Waals surface area contributed by atoms with E-state index in [1.165, 1.54) is 5.56 Å². The number of nitrogens with two attached hydrogens (primary N) is 1. The lowest BCUT2D eigenvalue weighted by atomic mass is 10.0. The summed E-state index contributed by atoms with van der Waals surface area (Å²) in [5, 5.41) is 3.05. The second-order valence-electron chi connectivity index (χ2n) is 3.88. The Kier molecular flexibility index (Phi) is 2.77. The van der Waals surface area contributed by atoms with Gasteiger partial charge in [-0.05, 0) is 24.1 Å². The maximum Gasteiger partial charge on any atom is 0.246 e. The summed E-state index contributed by atoms with van der Waals surface area (Å²) in [6.45, 7) is 2.55. The molecule has 16 heavy (non-hydrogen) atoms. The molecule has 1 aliphatic rings. The van der Waals surface area contributed by atoms with E-state index < -0.39 is 0 Å². The normalized spacial score (nSPS) is 14.8. The fourth-order valence-electron chi connectivity index (χ4n) is 1.62. The fraction of sp³-hybridized carbons (Fsp3) is 0.154. The van der Waals surface area contributed by atoms with Gasteiger partial charge in [-0.3, -0.25) is 4.79 Å². The second-order valence-corrected chi connectivity index (χ2v) is 3.88. The average Bonchev–Trinajstić information content (AvgIpc) is 2.30. The molecule has 1 heterocycles. The minimum Gasteiger partial charge on any atom is -0.386 e. The van der Waals surface area contributed by atoms with Gasteiger partial charge in [-0.2, -0.15) is 0 Å². The summed E-state index contributed by atoms with van der Waals surface area (Å²) in [6, 6.07) is 8.15. The zero-order chi connectivity index (χ0) is 11.5. The Morgan fingerprint density at radius 1 is 1.31 bits per heavy atom. The molecule has 0 spiro atoms. The van der Waals surface area contributed by atoms with E-state index in [0.29, 0.717) is 12.1 Å². The summed E-state index contributed by atoms with van der Waals surface area (Å²) in [5.74, 6) is -0.370. The number of amides is 1. The SMILES string of the molecule is Cc1ccc(C2=CNCC(C(N)=O)=C2)cc1. The number of primary amides is 1. The molecule has 0 saturated carbocycles. The van der Waals surface area contributed by atoms with Crippen LogP contribution in [0.4, 0.5) is 0 Å². The van der Waals surface area contributed by atoms with Crippen molar-refractivity contribution in [1.29, 1.82) is 0 Å². The minimum absolute atomic E-state index is 0.370. The molecule has 0 radical (unpaired) electrons. The van der Waals surface area contributed by atoms with Crippen LogP contribution < -0.4 is 11.1 Å². The van der Waals surface area contributed by atoms with E-state index >= 15 is 0 Å². The Morgan fingerprint density at radius 3 is 2.62 bits per heavy atom. The van der Waals surface area contributed by atoms with Gasteiger partial charge >= 0.3 is 0 Å². The van der Waals surface area contributed by atoms with Crippen molar-refractivity contribution in [1.82, 2.24) is 5.32 Å². The van der Waals surface area contributed by atoms with Crippen LogP contribution in [0.1, 0.15) is 11.1 Å². The first-order chi connectivity index (χ1) is 7.66. The molecule has 1 aromatic rings. The van der Waals surface area contributed by atoms with E-state index in [2.05, 4.69) is 5.32 Å². The van der Waals surface area contributed by atoms with Crippen LogP contribution in [0.2, 0.25) is 0 Å². The number of hydrogen-bond donors (Lipinski definition) is 2. The van der Waals surface area contributed by atoms with Gasteiger partial charge in [-0.15, -0.1) is 0 Å². The van der Waals surface area contributed by atoms with Gasteiger partial charge in [0.1, 0.15) is 0 Å². The Balaban J connectivity index is 2.31. The largest absolute Gasteiger partial charge is 0.386 e. The van der Waals surface area contributed by atoms with E-state index in [1.54, 1.807) is 0 Å². The average molecular weight is 214 g/mol. The maximum absolute atomic E-state index is 11.1. The molecule has 1 aliphatic heterocycles. The zero-order valence-electron chi connectivity index (χ0n) is 9.16. The van der Waals surface area contributed by atoms with Crippen LogP contribution in [0.3, 0.4) is 0 Å². The highest BCUT2D eigenvalue weighted by molar-refractivity contribution is 5.96. The molecule has 1 aromatic carbocycles. The molecule has 3 heteroatoms. The minimum atomic E-state index is -0.370. The predicted octanol–water partition coefficient (Wildman–Crippen LogP) is 1.35. The maximum atomic E-state index is 11.1. The third-order valence-electron chi connectivity index (χ3n) is 2.58. The zero-order valence-corrected chi connectivity index (χ0v) is 9.16. The molecular formula is C13H14N2O. The number of hydrogen-bond acceptors (Lipinski definition) is 2. The van der Waals surface area contributed by atoms with Crippen LogP contribution in [0.15, 0.2) is 42.1 Å². The molecule has 1 amide bonds. The van der Waals surface area contributed by atoms with Crippen molar-refractivity contribution in [2.24, 2.45) is 5.73 Å². The van der Waals surface area contributed by atoms with Gasteiger partial charge in [-0.1, -0.05) is 29.8 Å². The van der Waals surface area contributed by atoms with Gasteiger partial charge in [0.15, 0.2) is 0 Å². The lowest BCUT2D eigenvalue weighted by Gasteiger charge is -2.13. The summed E-state index contributed by atoms with van der Waals surface area (Å²) in [6.07, 6.45) is 3.74. The van der Waals surface area contributed by atoms with Gasteiger partial charge in [-0.25, -0.2) is 0 Å². The van der Waals surface area contributed by atoms with Gasteiger partial charge in [0.2, 0.25) is 5.91 Å². The van der Waals surface area contributed by atoms with Crippen molar-refractivity contribution < 1.29 is 4.79 Å². The Labute approximate surface area is 94.7 Å². The number of benzene rings is 1. The highest BCUT2D eigenvalue weighted by Crippen LogP contribution is 2.19. The van der Waals surface area contributed by atoms with Crippen LogP contribution in [-0.2, 0) is 4.79 Å². The van der Waals surface area contributed by atoms with Crippen LogP contribution in [0.5, 0.6) is 0 Å². The van der Waals surface area contributed by atoms with Gasteiger partial charge in [0.25, 0.3) is 0 Å². The quantitative estimate of drug-likeness (QED) is 0.780. The highest BCUT2D eigenvalue weighted by Gasteiger charge is 2.10. The molecule has 3 N–H and O–H groups in total. The summed E-state index contributed by atoms with van der Waals surface area (Å²) in [4.78, 5) is 11.1. The molecule has 0 aromatic heterocycles. The number of aryl methyl sites for hydroxylation is 1. The van der Waals surface area contributed by atoms with Crippen molar-refractivity contribution in [2.75, 3.05) is 6.54 Å². The lowest BCUT2D eigenvalue weighted by molar-refractivity contribution is -0.114.